The summed E-state index contributed by atoms with van der Waals surface area (Å²) in [6.45, 7) is 1.59. The number of aryl methyl sites for hydroxylation is 1. The Morgan fingerprint density at radius 2 is 2.38 bits per heavy atom. The first-order valence-corrected chi connectivity index (χ1v) is 4.40. The first-order valence-electron chi connectivity index (χ1n) is 3.58. The van der Waals surface area contributed by atoms with Crippen LogP contribution < -0.4 is 0 Å². The van der Waals surface area contributed by atoms with Gasteiger partial charge in [-0.1, -0.05) is 11.8 Å². The Bertz CT molecular complexity index is 381. The summed E-state index contributed by atoms with van der Waals surface area (Å²) in [7, 11) is 0. The van der Waals surface area contributed by atoms with Crippen LogP contribution in [0.3, 0.4) is 0 Å². The molecule has 0 spiro atoms. The van der Waals surface area contributed by atoms with E-state index in [1.165, 1.54) is 0 Å². The van der Waals surface area contributed by atoms with Crippen LogP contribution in [-0.2, 0) is 0 Å². The topological polar surface area (TPSA) is 57.5 Å². The average molecular weight is 196 g/mol. The fourth-order valence-electron chi connectivity index (χ4n) is 0.831. The summed E-state index contributed by atoms with van der Waals surface area (Å²) in [4.78, 5) is 11.5. The lowest BCUT2D eigenvalue weighted by Gasteiger charge is -1.82. The van der Waals surface area contributed by atoms with Crippen molar-refractivity contribution in [3.05, 3.63) is 21.4 Å². The molecular weight excluding hydrogens is 188 g/mol. The lowest BCUT2D eigenvalue weighted by Crippen LogP contribution is -1.89. The molecule has 2 N–H and O–H groups in total. The summed E-state index contributed by atoms with van der Waals surface area (Å²) in [5, 5.41) is 17.1. The minimum Gasteiger partial charge on any atom is -0.477 e. The van der Waals surface area contributed by atoms with E-state index in [1.807, 2.05) is 0 Å². The zero-order valence-electron chi connectivity index (χ0n) is 7.00. The van der Waals surface area contributed by atoms with Gasteiger partial charge in [-0.3, -0.25) is 0 Å². The van der Waals surface area contributed by atoms with Gasteiger partial charge < -0.3 is 10.2 Å². The number of aliphatic hydroxyl groups excluding tert-OH is 1. The quantitative estimate of drug-likeness (QED) is 0.661. The van der Waals surface area contributed by atoms with Crippen molar-refractivity contribution in [1.82, 2.24) is 0 Å². The van der Waals surface area contributed by atoms with Gasteiger partial charge in [0, 0.05) is 0 Å². The average Bonchev–Trinajstić information content (AvgIpc) is 2.44. The standard InChI is InChI=1S/C9H8O3S/c1-6-5-8(9(11)12)13-7(6)3-2-4-10/h5,10H,4H2,1H3,(H,11,12). The highest BCUT2D eigenvalue weighted by atomic mass is 32.1. The van der Waals surface area contributed by atoms with Crippen molar-refractivity contribution in [2.45, 2.75) is 6.92 Å². The number of carbonyl (C=O) groups is 1. The zero-order valence-corrected chi connectivity index (χ0v) is 7.81. The molecule has 1 aromatic heterocycles. The maximum Gasteiger partial charge on any atom is 0.345 e. The van der Waals surface area contributed by atoms with Crippen LogP contribution in [-0.4, -0.2) is 22.8 Å². The second kappa shape index (κ2) is 4.08. The summed E-state index contributed by atoms with van der Waals surface area (Å²) < 4.78 is 0. The summed E-state index contributed by atoms with van der Waals surface area (Å²) >= 11 is 1.12. The van der Waals surface area contributed by atoms with Crippen molar-refractivity contribution in [2.75, 3.05) is 6.61 Å². The van der Waals surface area contributed by atoms with Gasteiger partial charge in [0.1, 0.15) is 11.5 Å². The molecular formula is C9H8O3S. The molecule has 1 aromatic rings. The molecule has 0 aromatic carbocycles. The van der Waals surface area contributed by atoms with Gasteiger partial charge in [0.25, 0.3) is 0 Å². The van der Waals surface area contributed by atoms with E-state index in [9.17, 15) is 4.79 Å². The molecule has 0 aliphatic heterocycles. The molecule has 0 bridgehead atoms. The van der Waals surface area contributed by atoms with Crippen molar-refractivity contribution >= 4 is 17.3 Å². The van der Waals surface area contributed by atoms with E-state index in [-0.39, 0.29) is 11.5 Å². The van der Waals surface area contributed by atoms with Crippen LogP contribution in [0.25, 0.3) is 0 Å². The lowest BCUT2D eigenvalue weighted by atomic mass is 10.2. The third-order valence-electron chi connectivity index (χ3n) is 1.41. The number of hydrogen-bond donors (Lipinski definition) is 2. The second-order valence-electron chi connectivity index (χ2n) is 2.39. The first kappa shape index (κ1) is 9.78. The van der Waals surface area contributed by atoms with E-state index < -0.39 is 5.97 Å². The summed E-state index contributed by atoms with van der Waals surface area (Å²) in [5.74, 6) is 4.23. The van der Waals surface area contributed by atoms with Crippen molar-refractivity contribution in [1.29, 1.82) is 0 Å². The Morgan fingerprint density at radius 1 is 1.69 bits per heavy atom. The Hall–Kier alpha value is -1.31. The van der Waals surface area contributed by atoms with Gasteiger partial charge in [-0.05, 0) is 18.6 Å². The second-order valence-corrected chi connectivity index (χ2v) is 3.44. The third kappa shape index (κ3) is 2.31. The Labute approximate surface area is 79.6 Å². The predicted octanol–water partition coefficient (Wildman–Crippen LogP) is 1.10. The van der Waals surface area contributed by atoms with Crippen LogP contribution in [0.15, 0.2) is 6.07 Å². The molecule has 1 heterocycles. The molecule has 1 rings (SSSR count). The Morgan fingerprint density at radius 3 is 2.85 bits per heavy atom. The maximum absolute atomic E-state index is 10.6. The SMILES string of the molecule is Cc1cc(C(=O)O)sc1C#CCO. The molecule has 0 atom stereocenters. The number of thiophene rings is 1. The summed E-state index contributed by atoms with van der Waals surface area (Å²) in [6, 6.07) is 1.58. The number of aliphatic hydroxyl groups is 1. The van der Waals surface area contributed by atoms with E-state index >= 15 is 0 Å². The van der Waals surface area contributed by atoms with E-state index in [0.29, 0.717) is 4.88 Å². The van der Waals surface area contributed by atoms with Crippen molar-refractivity contribution < 1.29 is 15.0 Å². The van der Waals surface area contributed by atoms with E-state index in [1.54, 1.807) is 13.0 Å². The fourth-order valence-corrected chi connectivity index (χ4v) is 1.72. The fraction of sp³-hybridized carbons (Fsp3) is 0.222. The molecule has 0 saturated carbocycles. The highest BCUT2D eigenvalue weighted by Gasteiger charge is 2.08. The molecule has 0 aliphatic rings. The molecule has 3 nitrogen and oxygen atoms in total. The molecule has 13 heavy (non-hydrogen) atoms. The predicted molar refractivity (Wildman–Crippen MR) is 50.0 cm³/mol. The highest BCUT2D eigenvalue weighted by molar-refractivity contribution is 7.14. The first-order chi connectivity index (χ1) is 6.15. The van der Waals surface area contributed by atoms with Gasteiger partial charge in [0.05, 0.1) is 4.88 Å². The smallest absolute Gasteiger partial charge is 0.345 e. The van der Waals surface area contributed by atoms with Gasteiger partial charge in [-0.15, -0.1) is 11.3 Å². The number of rotatable bonds is 1. The van der Waals surface area contributed by atoms with Crippen molar-refractivity contribution in [3.63, 3.8) is 0 Å². The molecule has 0 fully saturated rings. The van der Waals surface area contributed by atoms with E-state index in [4.69, 9.17) is 10.2 Å². The molecule has 0 radical (unpaired) electrons. The summed E-state index contributed by atoms with van der Waals surface area (Å²) in [6.07, 6.45) is 0. The molecule has 0 saturated heterocycles. The van der Waals surface area contributed by atoms with Crippen LogP contribution >= 0.6 is 11.3 Å². The van der Waals surface area contributed by atoms with E-state index in [2.05, 4.69) is 11.8 Å². The Kier molecular flexibility index (Phi) is 3.07. The van der Waals surface area contributed by atoms with Crippen LogP contribution in [0.4, 0.5) is 0 Å². The summed E-state index contributed by atoms with van der Waals surface area (Å²) in [5.41, 5.74) is 0.836. The van der Waals surface area contributed by atoms with Crippen LogP contribution in [0.2, 0.25) is 0 Å². The maximum atomic E-state index is 10.6. The van der Waals surface area contributed by atoms with Gasteiger partial charge in [0.15, 0.2) is 0 Å². The molecule has 0 unspecified atom stereocenters. The minimum atomic E-state index is -0.940. The largest absolute Gasteiger partial charge is 0.477 e. The normalized spacial score (nSPS) is 9.08. The number of hydrogen-bond acceptors (Lipinski definition) is 3. The van der Waals surface area contributed by atoms with Crippen LogP contribution in [0.5, 0.6) is 0 Å². The third-order valence-corrected chi connectivity index (χ3v) is 2.55. The monoisotopic (exact) mass is 196 g/mol. The lowest BCUT2D eigenvalue weighted by molar-refractivity contribution is 0.0702. The highest BCUT2D eigenvalue weighted by Crippen LogP contribution is 2.20. The molecule has 0 amide bonds. The minimum absolute atomic E-state index is 0.209. The number of aromatic carboxylic acids is 1. The van der Waals surface area contributed by atoms with Crippen LogP contribution in [0, 0.1) is 18.8 Å². The number of carboxylic acids is 1. The number of carboxylic acid groups (broad SMARTS) is 1. The van der Waals surface area contributed by atoms with E-state index in [0.717, 1.165) is 16.9 Å². The zero-order chi connectivity index (χ0) is 9.84. The molecule has 0 aliphatic carbocycles. The molecule has 4 heteroatoms. The van der Waals surface area contributed by atoms with Crippen molar-refractivity contribution in [3.8, 4) is 11.8 Å². The van der Waals surface area contributed by atoms with Gasteiger partial charge >= 0.3 is 5.97 Å². The Balaban J connectivity index is 3.03. The van der Waals surface area contributed by atoms with Gasteiger partial charge in [-0.25, -0.2) is 4.79 Å². The van der Waals surface area contributed by atoms with Crippen molar-refractivity contribution in [2.24, 2.45) is 0 Å². The molecule has 68 valence electrons. The van der Waals surface area contributed by atoms with Crippen LogP contribution in [0.1, 0.15) is 20.1 Å². The van der Waals surface area contributed by atoms with Gasteiger partial charge in [0.2, 0.25) is 0 Å². The van der Waals surface area contributed by atoms with Gasteiger partial charge in [-0.2, -0.15) is 0 Å².